The van der Waals surface area contributed by atoms with Crippen LogP contribution in [0, 0.1) is 5.82 Å². The van der Waals surface area contributed by atoms with Crippen LogP contribution in [-0.2, 0) is 9.59 Å². The zero-order valence-electron chi connectivity index (χ0n) is 8.00. The summed E-state index contributed by atoms with van der Waals surface area (Å²) in [5.74, 6) is -0.960. The molecule has 3 nitrogen and oxygen atoms in total. The first-order valence-electron chi connectivity index (χ1n) is 4.73. The van der Waals surface area contributed by atoms with Gasteiger partial charge >= 0.3 is 0 Å². The summed E-state index contributed by atoms with van der Waals surface area (Å²) in [5, 5.41) is 2.24. The van der Waals surface area contributed by atoms with Gasteiger partial charge in [0.05, 0.1) is 0 Å². The second-order valence-electron chi connectivity index (χ2n) is 3.63. The minimum absolute atomic E-state index is 0.119. The Labute approximate surface area is 86.3 Å². The van der Waals surface area contributed by atoms with E-state index in [2.05, 4.69) is 5.32 Å². The van der Waals surface area contributed by atoms with Crippen molar-refractivity contribution in [1.82, 2.24) is 5.32 Å². The van der Waals surface area contributed by atoms with E-state index in [4.69, 9.17) is 0 Å². The number of amides is 2. The lowest BCUT2D eigenvalue weighted by Gasteiger charge is -2.20. The Hall–Kier alpha value is -1.71. The molecule has 15 heavy (non-hydrogen) atoms. The molecular weight excluding hydrogens is 197 g/mol. The zero-order chi connectivity index (χ0) is 10.8. The number of imide groups is 1. The molecule has 0 atom stereocenters. The van der Waals surface area contributed by atoms with Crippen molar-refractivity contribution in [3.05, 3.63) is 35.6 Å². The van der Waals surface area contributed by atoms with Crippen LogP contribution in [0.5, 0.6) is 0 Å². The smallest absolute Gasteiger partial charge is 0.227 e. The first-order valence-corrected chi connectivity index (χ1v) is 4.73. The van der Waals surface area contributed by atoms with E-state index >= 15 is 0 Å². The standard InChI is InChI=1S/C11H10FNO2/c12-9-3-1-7(2-4-9)8-5-10(14)13-11(15)6-8/h1-4,8H,5-6H2,(H,13,14,15). The van der Waals surface area contributed by atoms with Crippen molar-refractivity contribution in [2.75, 3.05) is 0 Å². The molecule has 1 aliphatic heterocycles. The highest BCUT2D eigenvalue weighted by molar-refractivity contribution is 5.98. The monoisotopic (exact) mass is 207 g/mol. The lowest BCUT2D eigenvalue weighted by Crippen LogP contribution is -2.37. The fourth-order valence-corrected chi connectivity index (χ4v) is 1.75. The molecular formula is C11H10FNO2. The van der Waals surface area contributed by atoms with Crippen molar-refractivity contribution in [2.45, 2.75) is 18.8 Å². The van der Waals surface area contributed by atoms with Gasteiger partial charge in [0.15, 0.2) is 0 Å². The van der Waals surface area contributed by atoms with Gasteiger partial charge in [-0.25, -0.2) is 4.39 Å². The summed E-state index contributed by atoms with van der Waals surface area (Å²) in [4.78, 5) is 22.2. The lowest BCUT2D eigenvalue weighted by atomic mass is 9.89. The maximum absolute atomic E-state index is 12.7. The van der Waals surface area contributed by atoms with Gasteiger partial charge in [-0.05, 0) is 17.7 Å². The van der Waals surface area contributed by atoms with Crippen LogP contribution in [0.15, 0.2) is 24.3 Å². The molecule has 4 heteroatoms. The van der Waals surface area contributed by atoms with Crippen LogP contribution in [0.4, 0.5) is 4.39 Å². The summed E-state index contributed by atoms with van der Waals surface area (Å²) in [6, 6.07) is 5.91. The fourth-order valence-electron chi connectivity index (χ4n) is 1.75. The molecule has 0 unspecified atom stereocenters. The number of carbonyl (C=O) groups excluding carboxylic acids is 2. The topological polar surface area (TPSA) is 46.2 Å². The van der Waals surface area contributed by atoms with Gasteiger partial charge in [-0.2, -0.15) is 0 Å². The number of piperidine rings is 1. The summed E-state index contributed by atoms with van der Waals surface area (Å²) >= 11 is 0. The largest absolute Gasteiger partial charge is 0.296 e. The highest BCUT2D eigenvalue weighted by Crippen LogP contribution is 2.26. The van der Waals surface area contributed by atoms with Gasteiger partial charge in [0, 0.05) is 18.8 Å². The maximum Gasteiger partial charge on any atom is 0.227 e. The van der Waals surface area contributed by atoms with E-state index in [9.17, 15) is 14.0 Å². The van der Waals surface area contributed by atoms with E-state index < -0.39 is 0 Å². The molecule has 1 aromatic carbocycles. The molecule has 0 aromatic heterocycles. The SMILES string of the molecule is O=C1CC(c2ccc(F)cc2)CC(=O)N1. The molecule has 1 heterocycles. The molecule has 1 saturated heterocycles. The Balaban J connectivity index is 2.19. The number of hydrogen-bond acceptors (Lipinski definition) is 2. The molecule has 1 aromatic rings. The maximum atomic E-state index is 12.7. The van der Waals surface area contributed by atoms with Gasteiger partial charge in [-0.15, -0.1) is 0 Å². The molecule has 0 spiro atoms. The van der Waals surface area contributed by atoms with Crippen LogP contribution >= 0.6 is 0 Å². The van der Waals surface area contributed by atoms with Crippen molar-refractivity contribution in [1.29, 1.82) is 0 Å². The number of rotatable bonds is 1. The van der Waals surface area contributed by atoms with Crippen LogP contribution < -0.4 is 5.32 Å². The minimum Gasteiger partial charge on any atom is -0.296 e. The van der Waals surface area contributed by atoms with Gasteiger partial charge in [0.25, 0.3) is 0 Å². The molecule has 2 amide bonds. The molecule has 0 radical (unpaired) electrons. The average Bonchev–Trinajstić information content (AvgIpc) is 2.17. The number of hydrogen-bond donors (Lipinski definition) is 1. The Morgan fingerprint density at radius 2 is 1.60 bits per heavy atom. The van der Waals surface area contributed by atoms with Gasteiger partial charge in [0.1, 0.15) is 5.82 Å². The highest BCUT2D eigenvalue weighted by Gasteiger charge is 2.25. The molecule has 2 rings (SSSR count). The Kier molecular flexibility index (Phi) is 2.49. The molecule has 0 aliphatic carbocycles. The van der Waals surface area contributed by atoms with Crippen LogP contribution in [0.1, 0.15) is 24.3 Å². The van der Waals surface area contributed by atoms with E-state index in [1.807, 2.05) is 0 Å². The normalized spacial score (nSPS) is 17.7. The van der Waals surface area contributed by atoms with Gasteiger partial charge < -0.3 is 0 Å². The Morgan fingerprint density at radius 1 is 1.07 bits per heavy atom. The van der Waals surface area contributed by atoms with E-state index in [1.165, 1.54) is 12.1 Å². The number of carbonyl (C=O) groups is 2. The quantitative estimate of drug-likeness (QED) is 0.706. The summed E-state index contributed by atoms with van der Waals surface area (Å²) in [5.41, 5.74) is 0.833. The molecule has 0 saturated carbocycles. The van der Waals surface area contributed by atoms with Crippen LogP contribution in [0.3, 0.4) is 0 Å². The zero-order valence-corrected chi connectivity index (χ0v) is 8.00. The van der Waals surface area contributed by atoms with Crippen molar-refractivity contribution in [2.24, 2.45) is 0 Å². The first-order chi connectivity index (χ1) is 7.15. The fraction of sp³-hybridized carbons (Fsp3) is 0.273. The van der Waals surface area contributed by atoms with E-state index in [0.717, 1.165) is 5.56 Å². The predicted octanol–water partition coefficient (Wildman–Crippen LogP) is 1.35. The van der Waals surface area contributed by atoms with E-state index in [1.54, 1.807) is 12.1 Å². The average molecular weight is 207 g/mol. The number of nitrogens with one attached hydrogen (secondary N) is 1. The molecule has 1 aliphatic rings. The van der Waals surface area contributed by atoms with Crippen LogP contribution in [0.2, 0.25) is 0 Å². The van der Waals surface area contributed by atoms with Gasteiger partial charge in [-0.3, -0.25) is 14.9 Å². The summed E-state index contributed by atoms with van der Waals surface area (Å²) < 4.78 is 12.7. The van der Waals surface area contributed by atoms with Crippen molar-refractivity contribution < 1.29 is 14.0 Å². The Bertz CT molecular complexity index is 384. The van der Waals surface area contributed by atoms with Crippen LogP contribution in [0.25, 0.3) is 0 Å². The Morgan fingerprint density at radius 3 is 2.13 bits per heavy atom. The van der Waals surface area contributed by atoms with E-state index in [-0.39, 0.29) is 36.4 Å². The molecule has 1 N–H and O–H groups in total. The third-order valence-electron chi connectivity index (χ3n) is 2.48. The predicted molar refractivity (Wildman–Crippen MR) is 51.5 cm³/mol. The van der Waals surface area contributed by atoms with Gasteiger partial charge in [0.2, 0.25) is 11.8 Å². The molecule has 0 bridgehead atoms. The van der Waals surface area contributed by atoms with Crippen molar-refractivity contribution in [3.8, 4) is 0 Å². The number of benzene rings is 1. The van der Waals surface area contributed by atoms with Crippen LogP contribution in [-0.4, -0.2) is 11.8 Å². The third kappa shape index (κ3) is 2.21. The summed E-state index contributed by atoms with van der Waals surface area (Å²) in [7, 11) is 0. The second-order valence-corrected chi connectivity index (χ2v) is 3.63. The first kappa shape index (κ1) is 9.83. The number of halogens is 1. The lowest BCUT2D eigenvalue weighted by molar-refractivity contribution is -0.133. The van der Waals surface area contributed by atoms with E-state index in [0.29, 0.717) is 0 Å². The summed E-state index contributed by atoms with van der Waals surface area (Å²) in [6.07, 6.45) is 0.578. The molecule has 78 valence electrons. The minimum atomic E-state index is -0.315. The van der Waals surface area contributed by atoms with Crippen molar-refractivity contribution >= 4 is 11.8 Å². The van der Waals surface area contributed by atoms with Gasteiger partial charge in [-0.1, -0.05) is 12.1 Å². The highest BCUT2D eigenvalue weighted by atomic mass is 19.1. The van der Waals surface area contributed by atoms with Crippen molar-refractivity contribution in [3.63, 3.8) is 0 Å². The molecule has 1 fully saturated rings. The third-order valence-corrected chi connectivity index (χ3v) is 2.48. The second kappa shape index (κ2) is 3.81. The summed E-state index contributed by atoms with van der Waals surface area (Å²) in [6.45, 7) is 0.